The van der Waals surface area contributed by atoms with E-state index in [-0.39, 0.29) is 17.6 Å². The quantitative estimate of drug-likeness (QED) is 0.711. The van der Waals surface area contributed by atoms with Crippen LogP contribution in [0.1, 0.15) is 28.7 Å². The van der Waals surface area contributed by atoms with Gasteiger partial charge in [-0.15, -0.1) is 0 Å². The molecule has 0 aliphatic heterocycles. The Bertz CT molecular complexity index is 352. The third kappa shape index (κ3) is 1.35. The van der Waals surface area contributed by atoms with Crippen molar-refractivity contribution in [1.29, 1.82) is 0 Å². The summed E-state index contributed by atoms with van der Waals surface area (Å²) in [6.45, 7) is 0. The largest absolute Gasteiger partial charge is 0.481 e. The Labute approximate surface area is 74.2 Å². The van der Waals surface area contributed by atoms with Gasteiger partial charge in [-0.05, 0) is 18.6 Å². The third-order valence-electron chi connectivity index (χ3n) is 2.24. The first kappa shape index (κ1) is 8.04. The van der Waals surface area contributed by atoms with Crippen molar-refractivity contribution >= 4 is 12.3 Å². The van der Waals surface area contributed by atoms with E-state index in [0.717, 1.165) is 0 Å². The van der Waals surface area contributed by atoms with Gasteiger partial charge in [-0.2, -0.15) is 0 Å². The molecule has 1 fully saturated rings. The highest BCUT2D eigenvalue weighted by atomic mass is 16.4. The molecule has 1 aromatic heterocycles. The van der Waals surface area contributed by atoms with Crippen LogP contribution in [0.3, 0.4) is 0 Å². The van der Waals surface area contributed by atoms with E-state index in [1.54, 1.807) is 12.1 Å². The SMILES string of the molecule is O=Cc1ccc(C2CC2C(=O)O)o1. The van der Waals surface area contributed by atoms with Gasteiger partial charge in [0.05, 0.1) is 5.92 Å². The van der Waals surface area contributed by atoms with Crippen LogP contribution >= 0.6 is 0 Å². The number of aldehydes is 1. The Balaban J connectivity index is 2.11. The lowest BCUT2D eigenvalue weighted by atomic mass is 10.2. The molecule has 1 N–H and O–H groups in total. The molecule has 0 bridgehead atoms. The molecule has 0 saturated heterocycles. The van der Waals surface area contributed by atoms with Crippen LogP contribution in [-0.2, 0) is 4.79 Å². The van der Waals surface area contributed by atoms with Gasteiger partial charge in [-0.3, -0.25) is 9.59 Å². The van der Waals surface area contributed by atoms with E-state index in [1.165, 1.54) is 0 Å². The normalized spacial score (nSPS) is 25.5. The summed E-state index contributed by atoms with van der Waals surface area (Å²) in [6, 6.07) is 3.22. The average Bonchev–Trinajstić information content (AvgIpc) is 2.78. The second-order valence-corrected chi connectivity index (χ2v) is 3.14. The number of carboxylic acids is 1. The van der Waals surface area contributed by atoms with E-state index in [4.69, 9.17) is 9.52 Å². The molecule has 1 aliphatic rings. The van der Waals surface area contributed by atoms with E-state index in [9.17, 15) is 9.59 Å². The van der Waals surface area contributed by atoms with Crippen molar-refractivity contribution in [3.8, 4) is 0 Å². The predicted molar refractivity (Wildman–Crippen MR) is 42.6 cm³/mol. The van der Waals surface area contributed by atoms with Gasteiger partial charge in [0.1, 0.15) is 5.76 Å². The van der Waals surface area contributed by atoms with Crippen molar-refractivity contribution in [2.24, 2.45) is 5.92 Å². The van der Waals surface area contributed by atoms with E-state index in [0.29, 0.717) is 18.5 Å². The van der Waals surface area contributed by atoms with Gasteiger partial charge >= 0.3 is 5.97 Å². The summed E-state index contributed by atoms with van der Waals surface area (Å²) in [5.74, 6) is -0.300. The maximum absolute atomic E-state index is 10.5. The molecule has 1 aliphatic carbocycles. The number of aliphatic carboxylic acids is 1. The fourth-order valence-electron chi connectivity index (χ4n) is 1.41. The fourth-order valence-corrected chi connectivity index (χ4v) is 1.41. The summed E-state index contributed by atoms with van der Waals surface area (Å²) in [4.78, 5) is 20.8. The molecule has 1 saturated carbocycles. The van der Waals surface area contributed by atoms with Crippen molar-refractivity contribution in [1.82, 2.24) is 0 Å². The second kappa shape index (κ2) is 2.73. The molecule has 2 rings (SSSR count). The van der Waals surface area contributed by atoms with Crippen LogP contribution in [0, 0.1) is 5.92 Å². The zero-order valence-electron chi connectivity index (χ0n) is 6.77. The van der Waals surface area contributed by atoms with Gasteiger partial charge < -0.3 is 9.52 Å². The van der Waals surface area contributed by atoms with E-state index in [1.807, 2.05) is 0 Å². The highest BCUT2D eigenvalue weighted by molar-refractivity contribution is 5.75. The van der Waals surface area contributed by atoms with Gasteiger partial charge in [0.15, 0.2) is 12.0 Å². The number of furan rings is 1. The number of hydrogen-bond donors (Lipinski definition) is 1. The summed E-state index contributed by atoms with van der Waals surface area (Å²) < 4.78 is 5.11. The van der Waals surface area contributed by atoms with Crippen molar-refractivity contribution in [3.05, 3.63) is 23.7 Å². The molecule has 2 unspecified atom stereocenters. The van der Waals surface area contributed by atoms with Gasteiger partial charge in [0.25, 0.3) is 0 Å². The summed E-state index contributed by atoms with van der Waals surface area (Å²) in [5, 5.41) is 8.64. The first-order valence-corrected chi connectivity index (χ1v) is 4.00. The molecule has 0 spiro atoms. The standard InChI is InChI=1S/C9H8O4/c10-4-5-1-2-8(13-5)6-3-7(6)9(11)12/h1-2,4,6-7H,3H2,(H,11,12). The number of carbonyl (C=O) groups is 2. The zero-order valence-corrected chi connectivity index (χ0v) is 6.77. The van der Waals surface area contributed by atoms with Crippen LogP contribution in [0.15, 0.2) is 16.5 Å². The van der Waals surface area contributed by atoms with E-state index < -0.39 is 5.97 Å². The molecular weight excluding hydrogens is 172 g/mol. The Kier molecular flexibility index (Phi) is 1.69. The molecule has 68 valence electrons. The molecular formula is C9H8O4. The van der Waals surface area contributed by atoms with Gasteiger partial charge in [0.2, 0.25) is 0 Å². The van der Waals surface area contributed by atoms with Crippen LogP contribution in [0.2, 0.25) is 0 Å². The Morgan fingerprint density at radius 2 is 2.38 bits per heavy atom. The molecule has 0 aromatic carbocycles. The smallest absolute Gasteiger partial charge is 0.307 e. The number of carboxylic acid groups (broad SMARTS) is 1. The maximum Gasteiger partial charge on any atom is 0.307 e. The van der Waals surface area contributed by atoms with E-state index in [2.05, 4.69) is 0 Å². The van der Waals surface area contributed by atoms with E-state index >= 15 is 0 Å². The van der Waals surface area contributed by atoms with Crippen molar-refractivity contribution in [2.75, 3.05) is 0 Å². The molecule has 2 atom stereocenters. The Hall–Kier alpha value is -1.58. The predicted octanol–water partition coefficient (Wildman–Crippen LogP) is 1.28. The lowest BCUT2D eigenvalue weighted by Crippen LogP contribution is -1.98. The second-order valence-electron chi connectivity index (χ2n) is 3.14. The van der Waals surface area contributed by atoms with Crippen molar-refractivity contribution in [2.45, 2.75) is 12.3 Å². The van der Waals surface area contributed by atoms with Crippen LogP contribution in [0.4, 0.5) is 0 Å². The first-order valence-electron chi connectivity index (χ1n) is 4.00. The molecule has 13 heavy (non-hydrogen) atoms. The summed E-state index contributed by atoms with van der Waals surface area (Å²) in [5.41, 5.74) is 0. The van der Waals surface area contributed by atoms with Gasteiger partial charge in [0, 0.05) is 5.92 Å². The molecule has 1 heterocycles. The fraction of sp³-hybridized carbons (Fsp3) is 0.333. The first-order chi connectivity index (χ1) is 6.22. The molecule has 4 heteroatoms. The van der Waals surface area contributed by atoms with Gasteiger partial charge in [-0.25, -0.2) is 0 Å². The minimum Gasteiger partial charge on any atom is -0.481 e. The van der Waals surface area contributed by atoms with Crippen molar-refractivity contribution in [3.63, 3.8) is 0 Å². The minimum absolute atomic E-state index is 0.0359. The number of carbonyl (C=O) groups excluding carboxylic acids is 1. The van der Waals surface area contributed by atoms with Crippen LogP contribution in [0.5, 0.6) is 0 Å². The molecule has 0 amide bonds. The maximum atomic E-state index is 10.5. The highest BCUT2D eigenvalue weighted by Gasteiger charge is 2.46. The lowest BCUT2D eigenvalue weighted by molar-refractivity contribution is -0.138. The minimum atomic E-state index is -0.797. The zero-order chi connectivity index (χ0) is 9.42. The monoisotopic (exact) mass is 180 g/mol. The number of rotatable bonds is 3. The Morgan fingerprint density at radius 3 is 2.85 bits per heavy atom. The molecule has 0 radical (unpaired) electrons. The van der Waals surface area contributed by atoms with Crippen LogP contribution < -0.4 is 0 Å². The summed E-state index contributed by atoms with van der Waals surface area (Å²) in [7, 11) is 0. The molecule has 4 nitrogen and oxygen atoms in total. The Morgan fingerprint density at radius 1 is 1.62 bits per heavy atom. The van der Waals surface area contributed by atoms with Gasteiger partial charge in [-0.1, -0.05) is 0 Å². The topological polar surface area (TPSA) is 67.5 Å². The third-order valence-corrected chi connectivity index (χ3v) is 2.24. The highest BCUT2D eigenvalue weighted by Crippen LogP contribution is 2.47. The van der Waals surface area contributed by atoms with Crippen molar-refractivity contribution < 1.29 is 19.1 Å². The molecule has 1 aromatic rings. The summed E-state index contributed by atoms with van der Waals surface area (Å²) >= 11 is 0. The van der Waals surface area contributed by atoms with Crippen LogP contribution in [0.25, 0.3) is 0 Å². The summed E-state index contributed by atoms with van der Waals surface area (Å²) in [6.07, 6.45) is 1.22. The lowest BCUT2D eigenvalue weighted by Gasteiger charge is -1.89. The average molecular weight is 180 g/mol. The number of hydrogen-bond acceptors (Lipinski definition) is 3. The van der Waals surface area contributed by atoms with Crippen LogP contribution in [-0.4, -0.2) is 17.4 Å².